The normalized spacial score (nSPS) is 11.9. The van der Waals surface area contributed by atoms with Crippen LogP contribution in [-0.4, -0.2) is 63.9 Å². The van der Waals surface area contributed by atoms with E-state index in [0.29, 0.717) is 21.3 Å². The van der Waals surface area contributed by atoms with Crippen LogP contribution in [0.1, 0.15) is 43.5 Å². The van der Waals surface area contributed by atoms with Crippen LogP contribution in [0, 0.1) is 0 Å². The van der Waals surface area contributed by atoms with Crippen molar-refractivity contribution >= 4 is 69.9 Å². The van der Waals surface area contributed by atoms with E-state index in [2.05, 4.69) is 15.0 Å². The topological polar surface area (TPSA) is 196 Å². The minimum Gasteiger partial charge on any atom is -0.478 e. The molecule has 214 valence electrons. The Bertz CT molecular complexity index is 2110. The summed E-state index contributed by atoms with van der Waals surface area (Å²) in [5.74, 6) is -4.95. The van der Waals surface area contributed by atoms with E-state index in [1.807, 2.05) is 0 Å². The molecule has 1 aromatic carbocycles. The van der Waals surface area contributed by atoms with Gasteiger partial charge in [0, 0.05) is 33.7 Å². The first kappa shape index (κ1) is 28.7. The van der Waals surface area contributed by atoms with E-state index in [-0.39, 0.29) is 45.1 Å². The zero-order chi connectivity index (χ0) is 29.7. The molecule has 3 aromatic heterocycles. The van der Waals surface area contributed by atoms with Crippen LogP contribution in [0.25, 0.3) is 57.0 Å². The van der Waals surface area contributed by atoms with Crippen LogP contribution in [0.3, 0.4) is 0 Å². The van der Waals surface area contributed by atoms with E-state index in [0.717, 1.165) is 6.08 Å². The number of aromatic nitrogens is 4. The van der Waals surface area contributed by atoms with Crippen LogP contribution in [0.5, 0.6) is 0 Å². The Balaban J connectivity index is 0.00000368. The van der Waals surface area contributed by atoms with Crippen molar-refractivity contribution in [3.05, 3.63) is 94.6 Å². The number of H-pyrrole nitrogens is 1. The smallest absolute Gasteiger partial charge is 0.416 e. The third kappa shape index (κ3) is 4.99. The molecule has 5 N–H and O–H groups in total. The van der Waals surface area contributed by atoms with Crippen molar-refractivity contribution in [1.82, 2.24) is 19.5 Å². The number of carboxylic acid groups (broad SMARTS) is 4. The molecule has 6 rings (SSSR count). The summed E-state index contributed by atoms with van der Waals surface area (Å²) < 4.78 is 0.527. The predicted molar refractivity (Wildman–Crippen MR) is 152 cm³/mol. The summed E-state index contributed by atoms with van der Waals surface area (Å²) in [7, 11) is 0. The maximum absolute atomic E-state index is 12.9. The third-order valence-corrected chi connectivity index (χ3v) is 6.69. The number of nitrogens with zero attached hydrogens (tertiary/aromatic N) is 3. The fraction of sp³-hybridized carbons (Fsp3) is 0. The Hall–Kier alpha value is -5.78. The molecule has 0 unspecified atom stereocenters. The maximum atomic E-state index is 12.9. The first-order valence-corrected chi connectivity index (χ1v) is 12.3. The first-order valence-electron chi connectivity index (χ1n) is 12.3. The fourth-order valence-corrected chi connectivity index (χ4v) is 5.06. The number of aliphatic carboxylic acids is 1. The summed E-state index contributed by atoms with van der Waals surface area (Å²) in [4.78, 5) is 62.7. The van der Waals surface area contributed by atoms with Crippen molar-refractivity contribution in [3.8, 4) is 11.1 Å². The van der Waals surface area contributed by atoms with Gasteiger partial charge in [0.25, 0.3) is 0 Å². The molecule has 2 aliphatic heterocycles. The second kappa shape index (κ2) is 10.9. The van der Waals surface area contributed by atoms with E-state index < -0.39 is 51.9 Å². The van der Waals surface area contributed by atoms with Gasteiger partial charge in [-0.25, -0.2) is 33.7 Å². The van der Waals surface area contributed by atoms with Crippen LogP contribution in [0.15, 0.2) is 60.7 Å². The molecule has 0 saturated heterocycles. The summed E-state index contributed by atoms with van der Waals surface area (Å²) in [6, 6.07) is 16.0. The summed E-state index contributed by atoms with van der Waals surface area (Å²) in [5, 5.41) is 41.3. The summed E-state index contributed by atoms with van der Waals surface area (Å²) in [6.45, 7) is 0. The second-order valence-electron chi connectivity index (χ2n) is 9.30. The Labute approximate surface area is 251 Å². The van der Waals surface area contributed by atoms with Gasteiger partial charge in [-0.05, 0) is 54.1 Å². The zero-order valence-electron chi connectivity index (χ0n) is 21.6. The average molecular weight is 618 g/mol. The standard InChI is InChI=1S/C30H18N4O8.Fe/c35-27(36)20-12-19-11-17-7-6-15(31-17)10-16-8-9-18(32-16)13-21-22(14-4-2-1-3-5-14)23(28(37)38)26(34(21)30(41)42)24(29(39)40)25(20)33-19;/h1-13,31H,(H,35,36)(H,37,38)(H,39,40)(H,41,42);. The van der Waals surface area contributed by atoms with E-state index in [1.165, 1.54) is 12.1 Å². The van der Waals surface area contributed by atoms with Crippen molar-refractivity contribution in [2.24, 2.45) is 0 Å². The first-order chi connectivity index (χ1) is 20.1. The molecule has 0 aliphatic carbocycles. The second-order valence-corrected chi connectivity index (χ2v) is 9.30. The molecule has 0 fully saturated rings. The number of carbonyl (C=O) groups is 4. The van der Waals surface area contributed by atoms with Gasteiger partial charge < -0.3 is 25.4 Å². The minimum atomic E-state index is -1.78. The minimum absolute atomic E-state index is 0. The van der Waals surface area contributed by atoms with Gasteiger partial charge in [-0.3, -0.25) is 0 Å². The Morgan fingerprint density at radius 1 is 0.698 bits per heavy atom. The molecule has 8 bridgehead atoms. The number of fused-ring (bicyclic) bond motifs is 8. The van der Waals surface area contributed by atoms with Gasteiger partial charge in [-0.2, -0.15) is 0 Å². The number of rotatable bonds is 4. The van der Waals surface area contributed by atoms with E-state index in [9.17, 15) is 39.6 Å². The zero-order valence-corrected chi connectivity index (χ0v) is 22.7. The van der Waals surface area contributed by atoms with Crippen molar-refractivity contribution in [1.29, 1.82) is 0 Å². The molecule has 0 spiro atoms. The van der Waals surface area contributed by atoms with Gasteiger partial charge in [0.1, 0.15) is 5.56 Å². The molecule has 2 aliphatic rings. The van der Waals surface area contributed by atoms with E-state index in [4.69, 9.17) is 0 Å². The Morgan fingerprint density at radius 3 is 1.88 bits per heavy atom. The number of carboxylic acids is 3. The van der Waals surface area contributed by atoms with Crippen LogP contribution in [-0.2, 0) is 21.9 Å². The molecule has 0 radical (unpaired) electrons. The predicted octanol–water partition coefficient (Wildman–Crippen LogP) is 5.17. The molecule has 0 saturated carbocycles. The quantitative estimate of drug-likeness (QED) is 0.168. The van der Waals surface area contributed by atoms with Crippen molar-refractivity contribution < 1.29 is 56.7 Å². The largest absolute Gasteiger partial charge is 0.478 e. The number of benzene rings is 1. The monoisotopic (exact) mass is 618 g/mol. The molecule has 0 atom stereocenters. The Morgan fingerprint density at radius 2 is 1.30 bits per heavy atom. The fourth-order valence-electron chi connectivity index (χ4n) is 5.06. The number of hydrogen-bond acceptors (Lipinski definition) is 6. The maximum Gasteiger partial charge on any atom is 0.416 e. The number of nitrogens with one attached hydrogen (secondary N) is 1. The Kier molecular flexibility index (Phi) is 7.28. The molecular weight excluding hydrogens is 600 g/mol. The molecular formula is C30H18FeN4O8. The summed E-state index contributed by atoms with van der Waals surface area (Å²) >= 11 is 0. The molecule has 4 aromatic rings. The van der Waals surface area contributed by atoms with Gasteiger partial charge >= 0.3 is 24.0 Å². The molecule has 43 heavy (non-hydrogen) atoms. The number of hydrogen-bond donors (Lipinski definition) is 5. The van der Waals surface area contributed by atoms with Crippen molar-refractivity contribution in [2.45, 2.75) is 0 Å². The third-order valence-electron chi connectivity index (χ3n) is 6.69. The van der Waals surface area contributed by atoms with E-state index in [1.54, 1.807) is 60.7 Å². The summed E-state index contributed by atoms with van der Waals surface area (Å²) in [5.41, 5.74) is -1.49. The number of aromatic amines is 1. The van der Waals surface area contributed by atoms with Crippen LogP contribution in [0.4, 0.5) is 4.79 Å². The number of aromatic carboxylic acids is 2. The molecule has 13 heteroatoms. The molecule has 0 amide bonds. The van der Waals surface area contributed by atoms with E-state index >= 15 is 0 Å². The molecule has 5 heterocycles. The summed E-state index contributed by atoms with van der Waals surface area (Å²) in [6.07, 6.45) is 2.71. The van der Waals surface area contributed by atoms with Crippen LogP contribution < -0.4 is 0 Å². The SMILES string of the molecule is O=C(O)C1=Cc2cc3ccc(cc4nc(cc5c(-c6ccccc6)c(C(=O)O)c(c(C(=O)O)c1n2)n5C(=O)O)C=C4)[nH]3.[Fe]. The van der Waals surface area contributed by atoms with Gasteiger partial charge in [0.2, 0.25) is 0 Å². The van der Waals surface area contributed by atoms with Gasteiger partial charge in [-0.15, -0.1) is 0 Å². The van der Waals surface area contributed by atoms with Gasteiger partial charge in [0.05, 0.1) is 44.9 Å². The van der Waals surface area contributed by atoms with Gasteiger partial charge in [-0.1, -0.05) is 30.3 Å². The molecule has 12 nitrogen and oxygen atoms in total. The van der Waals surface area contributed by atoms with Crippen molar-refractivity contribution in [2.75, 3.05) is 0 Å². The van der Waals surface area contributed by atoms with Crippen LogP contribution in [0.2, 0.25) is 0 Å². The van der Waals surface area contributed by atoms with Crippen LogP contribution >= 0.6 is 0 Å². The van der Waals surface area contributed by atoms with Gasteiger partial charge in [0.15, 0.2) is 0 Å². The van der Waals surface area contributed by atoms with Crippen molar-refractivity contribution in [3.63, 3.8) is 0 Å². The average Bonchev–Trinajstić information content (AvgIpc) is 3.71.